The zero-order valence-electron chi connectivity index (χ0n) is 12.7. The molecule has 0 atom stereocenters. The van der Waals surface area contributed by atoms with Crippen LogP contribution in [0.25, 0.3) is 0 Å². The summed E-state index contributed by atoms with van der Waals surface area (Å²) in [6, 6.07) is 0. The largest absolute Gasteiger partial charge is 0.378 e. The fraction of sp³-hybridized carbons (Fsp3) is 0.769. The second-order valence-electron chi connectivity index (χ2n) is 5.49. The van der Waals surface area contributed by atoms with Gasteiger partial charge >= 0.3 is 0 Å². The lowest BCUT2D eigenvalue weighted by Gasteiger charge is -2.28. The Morgan fingerprint density at radius 3 is 2.40 bits per heavy atom. The molecule has 0 radical (unpaired) electrons. The molecule has 0 spiro atoms. The van der Waals surface area contributed by atoms with Gasteiger partial charge in [-0.1, -0.05) is 6.92 Å². The van der Waals surface area contributed by atoms with Crippen LogP contribution in [0.1, 0.15) is 27.2 Å². The third kappa shape index (κ3) is 3.69. The minimum atomic E-state index is -0.0470. The summed E-state index contributed by atoms with van der Waals surface area (Å²) in [5, 5.41) is 6.35. The molecule has 2 heterocycles. The first-order valence-electron chi connectivity index (χ1n) is 7.09. The Labute approximate surface area is 120 Å². The maximum absolute atomic E-state index is 5.36. The third-order valence-corrected chi connectivity index (χ3v) is 3.48. The molecule has 112 valence electrons. The molecule has 0 unspecified atom stereocenters. The number of nitrogens with zero attached hydrogens (tertiary/aromatic N) is 4. The average molecular weight is 280 g/mol. The predicted octanol–water partition coefficient (Wildman–Crippen LogP) is 1.35. The van der Waals surface area contributed by atoms with Crippen LogP contribution in [-0.2, 0) is 4.74 Å². The van der Waals surface area contributed by atoms with Gasteiger partial charge in [-0.2, -0.15) is 15.0 Å². The molecule has 0 aromatic carbocycles. The first-order valence-corrected chi connectivity index (χ1v) is 7.09. The van der Waals surface area contributed by atoms with E-state index < -0.39 is 0 Å². The normalized spacial score (nSPS) is 16.1. The number of aromatic nitrogens is 3. The van der Waals surface area contributed by atoms with Crippen molar-refractivity contribution in [2.45, 2.75) is 32.7 Å². The molecule has 0 aliphatic carbocycles. The van der Waals surface area contributed by atoms with E-state index in [4.69, 9.17) is 4.74 Å². The highest BCUT2D eigenvalue weighted by Gasteiger charge is 2.20. The van der Waals surface area contributed by atoms with Crippen molar-refractivity contribution >= 4 is 17.8 Å². The summed E-state index contributed by atoms with van der Waals surface area (Å²) in [5.74, 6) is 1.88. The smallest absolute Gasteiger partial charge is 0.232 e. The lowest BCUT2D eigenvalue weighted by Crippen LogP contribution is -2.38. The third-order valence-electron chi connectivity index (χ3n) is 3.48. The Bertz CT molecular complexity index is 444. The molecule has 7 nitrogen and oxygen atoms in total. The van der Waals surface area contributed by atoms with Crippen molar-refractivity contribution in [1.29, 1.82) is 0 Å². The Morgan fingerprint density at radius 2 is 1.80 bits per heavy atom. The van der Waals surface area contributed by atoms with E-state index in [1.807, 2.05) is 7.05 Å². The molecule has 1 aliphatic heterocycles. The van der Waals surface area contributed by atoms with Crippen LogP contribution in [0.15, 0.2) is 0 Å². The maximum atomic E-state index is 5.36. The highest BCUT2D eigenvalue weighted by atomic mass is 16.5. The van der Waals surface area contributed by atoms with Crippen molar-refractivity contribution in [3.05, 3.63) is 0 Å². The zero-order chi connectivity index (χ0) is 14.6. The Morgan fingerprint density at radius 1 is 1.15 bits per heavy atom. The van der Waals surface area contributed by atoms with Gasteiger partial charge in [0.2, 0.25) is 17.8 Å². The monoisotopic (exact) mass is 280 g/mol. The number of morpholine rings is 1. The molecule has 2 N–H and O–H groups in total. The first kappa shape index (κ1) is 14.8. The quantitative estimate of drug-likeness (QED) is 0.843. The van der Waals surface area contributed by atoms with Crippen molar-refractivity contribution in [2.24, 2.45) is 0 Å². The summed E-state index contributed by atoms with van der Waals surface area (Å²) in [6.07, 6.45) is 0.987. The number of hydrogen-bond acceptors (Lipinski definition) is 7. The van der Waals surface area contributed by atoms with Gasteiger partial charge in [0.25, 0.3) is 0 Å². The average Bonchev–Trinajstić information content (AvgIpc) is 2.47. The second-order valence-corrected chi connectivity index (χ2v) is 5.49. The van der Waals surface area contributed by atoms with Crippen LogP contribution < -0.4 is 15.5 Å². The minimum absolute atomic E-state index is 0.0470. The van der Waals surface area contributed by atoms with Crippen molar-refractivity contribution in [1.82, 2.24) is 15.0 Å². The van der Waals surface area contributed by atoms with Crippen LogP contribution >= 0.6 is 0 Å². The molecule has 1 fully saturated rings. The molecule has 0 saturated carbocycles. The summed E-state index contributed by atoms with van der Waals surface area (Å²) in [6.45, 7) is 9.44. The van der Waals surface area contributed by atoms with Gasteiger partial charge < -0.3 is 20.3 Å². The van der Waals surface area contributed by atoms with E-state index in [2.05, 4.69) is 51.3 Å². The molecule has 0 amide bonds. The van der Waals surface area contributed by atoms with Gasteiger partial charge in [0.1, 0.15) is 0 Å². The second kappa shape index (κ2) is 6.21. The summed E-state index contributed by atoms with van der Waals surface area (Å²) < 4.78 is 5.36. The molecule has 2 rings (SSSR count). The highest BCUT2D eigenvalue weighted by molar-refractivity contribution is 5.44. The minimum Gasteiger partial charge on any atom is -0.378 e. The van der Waals surface area contributed by atoms with Gasteiger partial charge in [0.15, 0.2) is 0 Å². The summed E-state index contributed by atoms with van der Waals surface area (Å²) >= 11 is 0. The molecule has 7 heteroatoms. The molecule has 20 heavy (non-hydrogen) atoms. The van der Waals surface area contributed by atoms with Gasteiger partial charge in [-0.05, 0) is 20.3 Å². The summed E-state index contributed by atoms with van der Waals surface area (Å²) in [4.78, 5) is 15.5. The van der Waals surface area contributed by atoms with Gasteiger partial charge in [-0.15, -0.1) is 0 Å². The number of anilines is 3. The topological polar surface area (TPSA) is 75.2 Å². The van der Waals surface area contributed by atoms with E-state index >= 15 is 0 Å². The van der Waals surface area contributed by atoms with Crippen LogP contribution in [0.4, 0.5) is 17.8 Å². The van der Waals surface area contributed by atoms with Crippen molar-refractivity contribution in [3.8, 4) is 0 Å². The molecule has 1 aromatic rings. The van der Waals surface area contributed by atoms with E-state index in [-0.39, 0.29) is 5.54 Å². The number of rotatable bonds is 5. The molecule has 1 aromatic heterocycles. The SMILES string of the molecule is CCC(C)(C)Nc1nc(NC)nc(N2CCOCC2)n1. The lowest BCUT2D eigenvalue weighted by molar-refractivity contribution is 0.122. The molecule has 0 bridgehead atoms. The van der Waals surface area contributed by atoms with Crippen LogP contribution in [-0.4, -0.2) is 53.8 Å². The number of hydrogen-bond donors (Lipinski definition) is 2. The van der Waals surface area contributed by atoms with E-state index in [0.717, 1.165) is 19.5 Å². The summed E-state index contributed by atoms with van der Waals surface area (Å²) in [7, 11) is 1.81. The summed E-state index contributed by atoms with van der Waals surface area (Å²) in [5.41, 5.74) is -0.0470. The Hall–Kier alpha value is -1.63. The Balaban J connectivity index is 2.23. The molecular formula is C13H24N6O. The first-order chi connectivity index (χ1) is 9.54. The maximum Gasteiger partial charge on any atom is 0.232 e. The van der Waals surface area contributed by atoms with E-state index in [0.29, 0.717) is 31.1 Å². The molecular weight excluding hydrogens is 256 g/mol. The molecule has 1 saturated heterocycles. The van der Waals surface area contributed by atoms with Gasteiger partial charge in [-0.25, -0.2) is 0 Å². The van der Waals surface area contributed by atoms with E-state index in [1.165, 1.54) is 0 Å². The fourth-order valence-electron chi connectivity index (χ4n) is 1.83. The van der Waals surface area contributed by atoms with Crippen LogP contribution in [0.2, 0.25) is 0 Å². The van der Waals surface area contributed by atoms with Crippen molar-refractivity contribution in [3.63, 3.8) is 0 Å². The van der Waals surface area contributed by atoms with Crippen LogP contribution in [0.3, 0.4) is 0 Å². The van der Waals surface area contributed by atoms with Crippen LogP contribution in [0, 0.1) is 0 Å². The van der Waals surface area contributed by atoms with Crippen molar-refractivity contribution in [2.75, 3.05) is 48.9 Å². The van der Waals surface area contributed by atoms with E-state index in [1.54, 1.807) is 0 Å². The highest BCUT2D eigenvalue weighted by Crippen LogP contribution is 2.19. The van der Waals surface area contributed by atoms with E-state index in [9.17, 15) is 0 Å². The Kier molecular flexibility index (Phi) is 4.59. The van der Waals surface area contributed by atoms with Crippen LogP contribution in [0.5, 0.6) is 0 Å². The van der Waals surface area contributed by atoms with Gasteiger partial charge in [0, 0.05) is 25.7 Å². The number of nitrogens with one attached hydrogen (secondary N) is 2. The molecule has 1 aliphatic rings. The van der Waals surface area contributed by atoms with Crippen molar-refractivity contribution < 1.29 is 4.74 Å². The lowest BCUT2D eigenvalue weighted by atomic mass is 10.0. The number of ether oxygens (including phenoxy) is 1. The predicted molar refractivity (Wildman–Crippen MR) is 80.4 cm³/mol. The standard InChI is InChI=1S/C13H24N6O/c1-5-13(2,3)18-11-15-10(14-4)16-12(17-11)19-6-8-20-9-7-19/h5-9H2,1-4H3,(H2,14,15,16,17,18). The van der Waals surface area contributed by atoms with Gasteiger partial charge in [-0.3, -0.25) is 0 Å². The van der Waals surface area contributed by atoms with Gasteiger partial charge in [0.05, 0.1) is 13.2 Å². The zero-order valence-corrected chi connectivity index (χ0v) is 12.7. The fourth-order valence-corrected chi connectivity index (χ4v) is 1.83.